The molecule has 0 aromatic heterocycles. The maximum Gasteiger partial charge on any atom is 0.238 e. The Labute approximate surface area is 155 Å². The van der Waals surface area contributed by atoms with E-state index in [0.29, 0.717) is 17.5 Å². The van der Waals surface area contributed by atoms with Crippen LogP contribution in [0.4, 0.5) is 10.1 Å². The third-order valence-corrected chi connectivity index (χ3v) is 5.58. The molecule has 0 radical (unpaired) electrons. The summed E-state index contributed by atoms with van der Waals surface area (Å²) in [5, 5.41) is 5.80. The predicted molar refractivity (Wildman–Crippen MR) is 101 cm³/mol. The molecule has 0 spiro atoms. The Hall–Kier alpha value is -1.95. The van der Waals surface area contributed by atoms with Crippen molar-refractivity contribution >= 4 is 17.5 Å². The minimum Gasteiger partial charge on any atom is -0.352 e. The lowest BCUT2D eigenvalue weighted by Crippen LogP contribution is -2.51. The maximum absolute atomic E-state index is 13.2. The van der Waals surface area contributed by atoms with E-state index in [-0.39, 0.29) is 24.4 Å². The number of nitrogens with one attached hydrogen (secondary N) is 2. The first-order chi connectivity index (χ1) is 12.3. The minimum absolute atomic E-state index is 0.0573. The number of carbonyl (C=O) groups is 2. The lowest BCUT2D eigenvalue weighted by molar-refractivity contribution is -0.127. The fourth-order valence-electron chi connectivity index (χ4n) is 3.42. The van der Waals surface area contributed by atoms with Gasteiger partial charge >= 0.3 is 0 Å². The quantitative estimate of drug-likeness (QED) is 0.817. The van der Waals surface area contributed by atoms with Crippen LogP contribution in [0.15, 0.2) is 24.3 Å². The first kappa shape index (κ1) is 20.4. The lowest BCUT2D eigenvalue weighted by Gasteiger charge is -2.36. The fraction of sp³-hybridized carbons (Fsp3) is 0.600. The average molecular weight is 363 g/mol. The second kappa shape index (κ2) is 9.12. The van der Waals surface area contributed by atoms with Gasteiger partial charge in [0.05, 0.1) is 12.6 Å². The normalized spacial score (nSPS) is 24.2. The number of anilines is 1. The third-order valence-electron chi connectivity index (χ3n) is 5.58. The van der Waals surface area contributed by atoms with E-state index in [1.54, 1.807) is 24.9 Å². The molecule has 5 nitrogen and oxygen atoms in total. The maximum atomic E-state index is 13.2. The molecular formula is C20H30FN3O2. The molecule has 2 amide bonds. The zero-order valence-corrected chi connectivity index (χ0v) is 16.1. The number of likely N-dealkylation sites (N-methyl/N-ethyl adjacent to an activating group) is 1. The predicted octanol–water partition coefficient (Wildman–Crippen LogP) is 3.03. The highest BCUT2D eigenvalue weighted by Gasteiger charge is 2.30. The second-order valence-corrected chi connectivity index (χ2v) is 7.53. The SMILES string of the molecule is C[C@@H]1[C@H](C)CCC[C@H]1NC(=O)[C@@H](C)N(C)CC(=O)Nc1cccc(F)c1. The summed E-state index contributed by atoms with van der Waals surface area (Å²) in [7, 11) is 1.74. The molecule has 144 valence electrons. The molecule has 1 aromatic rings. The van der Waals surface area contributed by atoms with Gasteiger partial charge in [0.1, 0.15) is 5.82 Å². The monoisotopic (exact) mass is 363 g/mol. The van der Waals surface area contributed by atoms with Gasteiger partial charge in [-0.3, -0.25) is 14.5 Å². The largest absolute Gasteiger partial charge is 0.352 e. The van der Waals surface area contributed by atoms with Gasteiger partial charge in [0, 0.05) is 11.7 Å². The molecule has 1 aromatic carbocycles. The molecule has 2 N–H and O–H groups in total. The molecule has 1 saturated carbocycles. The molecule has 2 rings (SSSR count). The third kappa shape index (κ3) is 5.53. The second-order valence-electron chi connectivity index (χ2n) is 7.53. The lowest BCUT2D eigenvalue weighted by atomic mass is 9.78. The summed E-state index contributed by atoms with van der Waals surface area (Å²) in [5.74, 6) is 0.328. The number of nitrogens with zero attached hydrogens (tertiary/aromatic N) is 1. The van der Waals surface area contributed by atoms with Crippen LogP contribution < -0.4 is 10.6 Å². The Morgan fingerprint density at radius 3 is 2.73 bits per heavy atom. The number of halogens is 1. The molecule has 1 aliphatic rings. The molecule has 4 atom stereocenters. The van der Waals surface area contributed by atoms with Crippen molar-refractivity contribution in [3.8, 4) is 0 Å². The molecule has 0 unspecified atom stereocenters. The van der Waals surface area contributed by atoms with Crippen LogP contribution in [0.2, 0.25) is 0 Å². The van der Waals surface area contributed by atoms with Crippen molar-refractivity contribution < 1.29 is 14.0 Å². The number of hydrogen-bond donors (Lipinski definition) is 2. The number of amides is 2. The zero-order valence-electron chi connectivity index (χ0n) is 16.1. The average Bonchev–Trinajstić information content (AvgIpc) is 2.58. The van der Waals surface area contributed by atoms with E-state index < -0.39 is 11.9 Å². The highest BCUT2D eigenvalue weighted by atomic mass is 19.1. The van der Waals surface area contributed by atoms with Crippen molar-refractivity contribution in [3.63, 3.8) is 0 Å². The molecule has 0 saturated heterocycles. The van der Waals surface area contributed by atoms with E-state index in [1.807, 2.05) is 0 Å². The molecule has 0 heterocycles. The molecule has 0 bridgehead atoms. The van der Waals surface area contributed by atoms with Gasteiger partial charge in [-0.05, 0) is 50.4 Å². The summed E-state index contributed by atoms with van der Waals surface area (Å²) in [6.45, 7) is 6.27. The molecule has 1 aliphatic carbocycles. The highest BCUT2D eigenvalue weighted by molar-refractivity contribution is 5.92. The van der Waals surface area contributed by atoms with Gasteiger partial charge in [-0.15, -0.1) is 0 Å². The van der Waals surface area contributed by atoms with Crippen molar-refractivity contribution in [1.29, 1.82) is 0 Å². The number of hydrogen-bond acceptors (Lipinski definition) is 3. The Kier molecular flexibility index (Phi) is 7.14. The number of rotatable bonds is 6. The van der Waals surface area contributed by atoms with Crippen LogP contribution >= 0.6 is 0 Å². The summed E-state index contributed by atoms with van der Waals surface area (Å²) in [4.78, 5) is 26.4. The summed E-state index contributed by atoms with van der Waals surface area (Å²) in [6, 6.07) is 5.53. The minimum atomic E-state index is -0.419. The fourth-order valence-corrected chi connectivity index (χ4v) is 3.42. The van der Waals surface area contributed by atoms with Gasteiger partial charge < -0.3 is 10.6 Å². The van der Waals surface area contributed by atoms with Crippen LogP contribution in [0, 0.1) is 17.7 Å². The molecule has 1 fully saturated rings. The van der Waals surface area contributed by atoms with E-state index >= 15 is 0 Å². The first-order valence-electron chi connectivity index (χ1n) is 9.34. The van der Waals surface area contributed by atoms with E-state index in [4.69, 9.17) is 0 Å². The number of carbonyl (C=O) groups excluding carboxylic acids is 2. The van der Waals surface area contributed by atoms with E-state index in [9.17, 15) is 14.0 Å². The van der Waals surface area contributed by atoms with Crippen molar-refractivity contribution in [1.82, 2.24) is 10.2 Å². The highest BCUT2D eigenvalue weighted by Crippen LogP contribution is 2.29. The van der Waals surface area contributed by atoms with E-state index in [1.165, 1.54) is 24.6 Å². The summed E-state index contributed by atoms with van der Waals surface area (Å²) in [5.41, 5.74) is 0.408. The van der Waals surface area contributed by atoms with Gasteiger partial charge in [0.15, 0.2) is 0 Å². The number of benzene rings is 1. The van der Waals surface area contributed by atoms with E-state index in [0.717, 1.165) is 12.8 Å². The van der Waals surface area contributed by atoms with Crippen LogP contribution in [0.1, 0.15) is 40.0 Å². The smallest absolute Gasteiger partial charge is 0.238 e. The molecule has 26 heavy (non-hydrogen) atoms. The Morgan fingerprint density at radius 2 is 2.04 bits per heavy atom. The van der Waals surface area contributed by atoms with Crippen LogP contribution in [0.3, 0.4) is 0 Å². The molecule has 6 heteroatoms. The van der Waals surface area contributed by atoms with Gasteiger partial charge in [0.2, 0.25) is 11.8 Å². The van der Waals surface area contributed by atoms with Crippen molar-refractivity contribution in [3.05, 3.63) is 30.1 Å². The van der Waals surface area contributed by atoms with Crippen LogP contribution in [0.5, 0.6) is 0 Å². The van der Waals surface area contributed by atoms with Crippen LogP contribution in [-0.4, -0.2) is 42.4 Å². The van der Waals surface area contributed by atoms with Crippen molar-refractivity contribution in [2.75, 3.05) is 18.9 Å². The standard InChI is InChI=1S/C20H30FN3O2/c1-13-7-5-10-18(14(13)2)23-20(26)15(3)24(4)12-19(25)22-17-9-6-8-16(21)11-17/h6,8-9,11,13-15,18H,5,7,10,12H2,1-4H3,(H,22,25)(H,23,26)/t13-,14-,15-,18-/m1/s1. The van der Waals surface area contributed by atoms with Crippen LogP contribution in [-0.2, 0) is 9.59 Å². The topological polar surface area (TPSA) is 61.4 Å². The Balaban J connectivity index is 1.84. The van der Waals surface area contributed by atoms with Crippen LogP contribution in [0.25, 0.3) is 0 Å². The van der Waals surface area contributed by atoms with Gasteiger partial charge in [-0.25, -0.2) is 4.39 Å². The first-order valence-corrected chi connectivity index (χ1v) is 9.34. The van der Waals surface area contributed by atoms with Crippen molar-refractivity contribution in [2.24, 2.45) is 11.8 Å². The van der Waals surface area contributed by atoms with Gasteiger partial charge in [-0.1, -0.05) is 32.8 Å². The Morgan fingerprint density at radius 1 is 1.31 bits per heavy atom. The van der Waals surface area contributed by atoms with Gasteiger partial charge in [-0.2, -0.15) is 0 Å². The summed E-state index contributed by atoms with van der Waals surface area (Å²) in [6.07, 6.45) is 3.35. The molecule has 0 aliphatic heterocycles. The summed E-state index contributed by atoms with van der Waals surface area (Å²) >= 11 is 0. The summed E-state index contributed by atoms with van der Waals surface area (Å²) < 4.78 is 13.2. The van der Waals surface area contributed by atoms with Gasteiger partial charge in [0.25, 0.3) is 0 Å². The van der Waals surface area contributed by atoms with E-state index in [2.05, 4.69) is 24.5 Å². The zero-order chi connectivity index (χ0) is 19.3. The molecular weight excluding hydrogens is 333 g/mol. The van der Waals surface area contributed by atoms with Crippen molar-refractivity contribution in [2.45, 2.75) is 52.1 Å². The Bertz CT molecular complexity index is 637.